The monoisotopic (exact) mass is 346 g/mol. The smallest absolute Gasteiger partial charge is 0.263 e. The molecule has 2 amide bonds. The van der Waals surface area contributed by atoms with Crippen LogP contribution in [0.4, 0.5) is 5.69 Å². The van der Waals surface area contributed by atoms with Gasteiger partial charge in [0.05, 0.1) is 39.9 Å². The number of anilines is 1. The summed E-state index contributed by atoms with van der Waals surface area (Å²) in [7, 11) is 35.5. The molecule has 2 atom stereocenters. The van der Waals surface area contributed by atoms with Gasteiger partial charge in [-0.05, 0) is 18.8 Å². The first-order valence-electron chi connectivity index (χ1n) is 7.70. The number of nitrogens with zero attached hydrogens (tertiary/aromatic N) is 2. The third-order valence-electron chi connectivity index (χ3n) is 4.81. The molecule has 0 aliphatic carbocycles. The zero-order valence-electron chi connectivity index (χ0n) is 14.3. The molecule has 0 bridgehead atoms. The molecule has 1 aromatic carbocycles. The highest BCUT2D eigenvalue weighted by atomic mass is 16.2. The minimum atomic E-state index is -2.44. The first kappa shape index (κ1) is 19.5. The lowest BCUT2D eigenvalue weighted by molar-refractivity contribution is -0.138. The van der Waals surface area contributed by atoms with E-state index in [1.807, 2.05) is 5.32 Å². The van der Waals surface area contributed by atoms with Gasteiger partial charge in [0.2, 0.25) is 11.8 Å². The molecule has 120 valence electrons. The molecule has 27 heavy (non-hydrogen) atoms. The van der Waals surface area contributed by atoms with Crippen molar-refractivity contribution in [1.29, 1.82) is 0 Å². The number of aromatic nitrogens is 2. The molecule has 3 rings (SSSR count). The van der Waals surface area contributed by atoms with Crippen LogP contribution in [0.2, 0.25) is 11.0 Å². The van der Waals surface area contributed by atoms with E-state index < -0.39 is 33.8 Å². The summed E-state index contributed by atoms with van der Waals surface area (Å²) in [6.45, 7) is 1.37. The van der Waals surface area contributed by atoms with Gasteiger partial charge in [0.15, 0.2) is 0 Å². The Balaban J connectivity index is 2.46. The van der Waals surface area contributed by atoms with Crippen molar-refractivity contribution in [1.82, 2.24) is 14.9 Å². The van der Waals surface area contributed by atoms with Crippen LogP contribution in [0.3, 0.4) is 0 Å². The number of nitrogens with one attached hydrogen (secondary N) is 1. The molecule has 13 heteroatoms. The molecule has 2 aromatic rings. The van der Waals surface area contributed by atoms with Gasteiger partial charge in [-0.25, -0.2) is 4.98 Å². The lowest BCUT2D eigenvalue weighted by atomic mass is 9.31. The number of hydrogen-bond acceptors (Lipinski definition) is 5. The lowest BCUT2D eigenvalue weighted by Gasteiger charge is -2.52. The Morgan fingerprint density at radius 2 is 1.81 bits per heavy atom. The predicted octanol–water partition coefficient (Wildman–Crippen LogP) is -4.24. The van der Waals surface area contributed by atoms with Gasteiger partial charge in [0, 0.05) is 5.69 Å². The molecule has 0 saturated carbocycles. The average molecular weight is 345 g/mol. The molecule has 1 aliphatic heterocycles. The fourth-order valence-corrected chi connectivity index (χ4v) is 3.18. The van der Waals surface area contributed by atoms with Crippen LogP contribution in [-0.2, 0) is 15.0 Å². The van der Waals surface area contributed by atoms with E-state index in [0.717, 1.165) is 4.57 Å². The second-order valence-corrected chi connectivity index (χ2v) is 6.49. The van der Waals surface area contributed by atoms with Crippen LogP contribution in [-0.4, -0.2) is 68.4 Å². The van der Waals surface area contributed by atoms with Crippen molar-refractivity contribution in [2.24, 2.45) is 0 Å². The van der Waals surface area contributed by atoms with Crippen molar-refractivity contribution in [3.05, 3.63) is 22.2 Å². The van der Waals surface area contributed by atoms with Gasteiger partial charge in [0.1, 0.15) is 29.4 Å². The minimum absolute atomic E-state index is 0.0318. The molecule has 2 unspecified atom stereocenters. The first-order valence-corrected chi connectivity index (χ1v) is 7.70. The molecule has 1 saturated heterocycles. The van der Waals surface area contributed by atoms with Crippen LogP contribution in [0.15, 0.2) is 10.9 Å². The zero-order chi connectivity index (χ0) is 20.5. The van der Waals surface area contributed by atoms with Crippen LogP contribution in [0.25, 0.3) is 10.9 Å². The van der Waals surface area contributed by atoms with Crippen molar-refractivity contribution >= 4 is 86.4 Å². The zero-order valence-corrected chi connectivity index (χ0v) is 14.3. The third-order valence-corrected chi connectivity index (χ3v) is 4.81. The van der Waals surface area contributed by atoms with Crippen molar-refractivity contribution in [2.45, 2.75) is 23.4 Å². The van der Waals surface area contributed by atoms with E-state index in [-0.39, 0.29) is 33.3 Å². The number of imide groups is 1. The molecular formula is C14H8B6N4O3. The molecule has 12 radical (unpaired) electrons. The molecule has 1 aromatic heterocycles. The van der Waals surface area contributed by atoms with Crippen molar-refractivity contribution in [3.8, 4) is 0 Å². The van der Waals surface area contributed by atoms with E-state index in [9.17, 15) is 14.4 Å². The Bertz CT molecular complexity index is 1080. The number of benzene rings is 1. The first-order chi connectivity index (χ1) is 12.4. The highest BCUT2D eigenvalue weighted by Crippen LogP contribution is 2.48. The SMILES string of the molecule is [B]c1cc(N)c2c(=O)n(C3([B])C(=O)NC(=O)C([B])C3([B])[B])c(C)nc2c1[B]. The Kier molecular flexibility index (Phi) is 4.21. The van der Waals surface area contributed by atoms with Crippen LogP contribution in [0.1, 0.15) is 5.82 Å². The number of fused-ring (bicyclic) bond motifs is 1. The molecule has 7 nitrogen and oxygen atoms in total. The summed E-state index contributed by atoms with van der Waals surface area (Å²) < 4.78 is 0.753. The lowest BCUT2D eigenvalue weighted by Crippen LogP contribution is -2.68. The number of hydrogen-bond donors (Lipinski definition) is 2. The van der Waals surface area contributed by atoms with Crippen molar-refractivity contribution < 1.29 is 9.59 Å². The summed E-state index contributed by atoms with van der Waals surface area (Å²) in [6, 6.07) is 1.28. The van der Waals surface area contributed by atoms with Crippen molar-refractivity contribution in [2.75, 3.05) is 5.73 Å². The van der Waals surface area contributed by atoms with E-state index in [2.05, 4.69) is 4.98 Å². The number of aryl methyl sites for hydroxylation is 1. The van der Waals surface area contributed by atoms with Crippen LogP contribution < -0.4 is 27.5 Å². The van der Waals surface area contributed by atoms with E-state index in [1.165, 1.54) is 13.0 Å². The molecule has 3 N–H and O–H groups in total. The van der Waals surface area contributed by atoms with E-state index in [1.54, 1.807) is 0 Å². The summed E-state index contributed by atoms with van der Waals surface area (Å²) >= 11 is 0. The highest BCUT2D eigenvalue weighted by molar-refractivity contribution is 6.56. The fourth-order valence-electron chi connectivity index (χ4n) is 3.18. The van der Waals surface area contributed by atoms with Gasteiger partial charge in [0.25, 0.3) is 5.56 Å². The third kappa shape index (κ3) is 2.36. The quantitative estimate of drug-likeness (QED) is 0.309. The number of nitrogens with two attached hydrogens (primary N) is 1. The maximum atomic E-state index is 13.2. The maximum absolute atomic E-state index is 13.2. The number of nitrogen functional groups attached to an aromatic ring is 1. The number of piperidine rings is 1. The molecule has 1 aliphatic rings. The number of amides is 2. The normalized spacial score (nSPS) is 24.7. The molecule has 1 fully saturated rings. The Hall–Kier alpha value is -2.31. The largest absolute Gasteiger partial charge is 0.398 e. The Morgan fingerprint density at radius 3 is 2.41 bits per heavy atom. The van der Waals surface area contributed by atoms with E-state index in [0.29, 0.717) is 0 Å². The number of carbonyl (C=O) groups excluding carboxylic acids is 2. The topological polar surface area (TPSA) is 107 Å². The van der Waals surface area contributed by atoms with Crippen molar-refractivity contribution in [3.63, 3.8) is 0 Å². The molecular weight excluding hydrogens is 337 g/mol. The summed E-state index contributed by atoms with van der Waals surface area (Å²) in [5.41, 5.74) is 2.77. The Labute approximate surface area is 162 Å². The maximum Gasteiger partial charge on any atom is 0.263 e. The van der Waals surface area contributed by atoms with Gasteiger partial charge in [-0.3, -0.25) is 24.3 Å². The van der Waals surface area contributed by atoms with Gasteiger partial charge in [-0.15, -0.1) is 0 Å². The highest BCUT2D eigenvalue weighted by Gasteiger charge is 2.56. The van der Waals surface area contributed by atoms with E-state index >= 15 is 0 Å². The number of carbonyl (C=O) groups is 2. The summed E-state index contributed by atoms with van der Waals surface area (Å²) in [5, 5.41) is -0.488. The van der Waals surface area contributed by atoms with Gasteiger partial charge in [-0.1, -0.05) is 16.1 Å². The van der Waals surface area contributed by atoms with Gasteiger partial charge < -0.3 is 5.73 Å². The standard InChI is InChI=1S/C14H8B6N4O3/c1-3-22-8-6(5(21)2-4(15)7(8)16)11(26)24(3)14(20)12(27)23-10(25)9(17)13(14,18)19/h2,9H,21H2,1H3,(H,23,25,27). The van der Waals surface area contributed by atoms with Gasteiger partial charge >= 0.3 is 0 Å². The molecule has 0 spiro atoms. The number of rotatable bonds is 1. The predicted molar refractivity (Wildman–Crippen MR) is 107 cm³/mol. The second-order valence-electron chi connectivity index (χ2n) is 6.49. The summed E-state index contributed by atoms with van der Waals surface area (Å²) in [4.78, 5) is 41.8. The Morgan fingerprint density at radius 1 is 1.22 bits per heavy atom. The average Bonchev–Trinajstić information content (AvgIpc) is 2.56. The van der Waals surface area contributed by atoms with Crippen LogP contribution in [0, 0.1) is 6.92 Å². The molecule has 2 heterocycles. The minimum Gasteiger partial charge on any atom is -0.398 e. The van der Waals surface area contributed by atoms with Gasteiger partial charge in [-0.2, -0.15) is 0 Å². The van der Waals surface area contributed by atoms with Crippen LogP contribution in [0.5, 0.6) is 0 Å². The van der Waals surface area contributed by atoms with E-state index in [4.69, 9.17) is 52.8 Å². The summed E-state index contributed by atoms with van der Waals surface area (Å²) in [5.74, 6) is -3.70. The fraction of sp³-hybridized carbons (Fsp3) is 0.286. The summed E-state index contributed by atoms with van der Waals surface area (Å²) in [6.07, 6.45) is 0. The second kappa shape index (κ2) is 5.84. The van der Waals surface area contributed by atoms with Crippen LogP contribution >= 0.6 is 0 Å².